The highest BCUT2D eigenvalue weighted by Crippen LogP contribution is 2.27. The zero-order valence-electron chi connectivity index (χ0n) is 15.4. The Labute approximate surface area is 163 Å². The van der Waals surface area contributed by atoms with Crippen molar-refractivity contribution in [2.24, 2.45) is 0 Å². The lowest BCUT2D eigenvalue weighted by molar-refractivity contribution is 0.0788. The summed E-state index contributed by atoms with van der Waals surface area (Å²) >= 11 is 1.51. The fourth-order valence-corrected chi connectivity index (χ4v) is 4.05. The van der Waals surface area contributed by atoms with E-state index in [1.807, 2.05) is 40.6 Å². The maximum absolute atomic E-state index is 12.4. The van der Waals surface area contributed by atoms with Crippen LogP contribution in [0.5, 0.6) is 5.75 Å². The van der Waals surface area contributed by atoms with Crippen molar-refractivity contribution in [1.29, 1.82) is 0 Å². The molecule has 138 valence electrons. The fraction of sp³-hybridized carbons (Fsp3) is 0.273. The summed E-state index contributed by atoms with van der Waals surface area (Å²) in [4.78, 5) is 18.9. The number of amides is 1. The normalized spacial score (nSPS) is 13.7. The van der Waals surface area contributed by atoms with E-state index in [1.54, 1.807) is 0 Å². The van der Waals surface area contributed by atoms with Crippen LogP contribution in [0.3, 0.4) is 0 Å². The second-order valence-electron chi connectivity index (χ2n) is 6.84. The summed E-state index contributed by atoms with van der Waals surface area (Å²) in [5.41, 5.74) is 3.94. The van der Waals surface area contributed by atoms with Crippen molar-refractivity contribution in [3.8, 4) is 16.3 Å². The molecule has 3 aromatic rings. The van der Waals surface area contributed by atoms with Crippen molar-refractivity contribution < 1.29 is 9.53 Å². The number of hydrogen-bond acceptors (Lipinski definition) is 4. The molecular weight excluding hydrogens is 356 g/mol. The van der Waals surface area contributed by atoms with E-state index in [0.717, 1.165) is 47.8 Å². The van der Waals surface area contributed by atoms with Crippen LogP contribution in [0.1, 0.15) is 34.5 Å². The Hall–Kier alpha value is -2.66. The summed E-state index contributed by atoms with van der Waals surface area (Å²) in [6, 6.07) is 16.2. The first-order chi connectivity index (χ1) is 13.2. The summed E-state index contributed by atoms with van der Waals surface area (Å²) in [6.07, 6.45) is 2.18. The van der Waals surface area contributed by atoms with Gasteiger partial charge in [-0.05, 0) is 49.6 Å². The standard InChI is InChI=1S/C22H22N2O2S/c1-16-5-4-6-17(13-16)14-26-19-9-7-18(8-10-19)21-23-20(15-27-21)22(25)24-11-2-3-12-24/h4-10,13,15H,2-3,11-12,14H2,1H3. The number of hydrogen-bond donors (Lipinski definition) is 0. The second-order valence-corrected chi connectivity index (χ2v) is 7.70. The highest BCUT2D eigenvalue weighted by atomic mass is 32.1. The molecule has 1 aliphatic rings. The quantitative estimate of drug-likeness (QED) is 0.632. The summed E-state index contributed by atoms with van der Waals surface area (Å²) in [6.45, 7) is 4.32. The van der Waals surface area contributed by atoms with E-state index in [4.69, 9.17) is 4.74 Å². The third kappa shape index (κ3) is 4.19. The van der Waals surface area contributed by atoms with E-state index in [2.05, 4.69) is 30.1 Å². The van der Waals surface area contributed by atoms with E-state index in [0.29, 0.717) is 12.3 Å². The van der Waals surface area contributed by atoms with Crippen LogP contribution >= 0.6 is 11.3 Å². The van der Waals surface area contributed by atoms with Crippen LogP contribution in [0.25, 0.3) is 10.6 Å². The van der Waals surface area contributed by atoms with Gasteiger partial charge in [0.05, 0.1) is 0 Å². The molecule has 2 heterocycles. The van der Waals surface area contributed by atoms with Crippen molar-refractivity contribution in [2.45, 2.75) is 26.4 Å². The van der Waals surface area contributed by atoms with Gasteiger partial charge in [-0.1, -0.05) is 29.8 Å². The lowest BCUT2D eigenvalue weighted by Crippen LogP contribution is -2.27. The highest BCUT2D eigenvalue weighted by molar-refractivity contribution is 7.13. The SMILES string of the molecule is Cc1cccc(COc2ccc(-c3nc(C(=O)N4CCCC4)cs3)cc2)c1. The number of rotatable bonds is 5. The number of ether oxygens (including phenoxy) is 1. The van der Waals surface area contributed by atoms with Crippen LogP contribution in [0.4, 0.5) is 0 Å². The molecule has 1 amide bonds. The summed E-state index contributed by atoms with van der Waals surface area (Å²) in [7, 11) is 0. The molecule has 0 spiro atoms. The van der Waals surface area contributed by atoms with Gasteiger partial charge in [0.15, 0.2) is 0 Å². The minimum atomic E-state index is 0.0492. The maximum atomic E-state index is 12.4. The van der Waals surface area contributed by atoms with Gasteiger partial charge in [-0.15, -0.1) is 11.3 Å². The predicted molar refractivity (Wildman–Crippen MR) is 108 cm³/mol. The van der Waals surface area contributed by atoms with Crippen molar-refractivity contribution in [3.63, 3.8) is 0 Å². The molecule has 1 aliphatic heterocycles. The lowest BCUT2D eigenvalue weighted by atomic mass is 10.1. The van der Waals surface area contributed by atoms with Crippen LogP contribution in [0.2, 0.25) is 0 Å². The average molecular weight is 378 g/mol. The molecule has 1 fully saturated rings. The third-order valence-corrected chi connectivity index (χ3v) is 5.60. The number of aromatic nitrogens is 1. The maximum Gasteiger partial charge on any atom is 0.273 e. The van der Waals surface area contributed by atoms with E-state index in [-0.39, 0.29) is 5.91 Å². The molecule has 0 radical (unpaired) electrons. The largest absolute Gasteiger partial charge is 0.489 e. The summed E-state index contributed by atoms with van der Waals surface area (Å²) < 4.78 is 5.87. The molecule has 2 aromatic carbocycles. The zero-order chi connectivity index (χ0) is 18.6. The van der Waals surface area contributed by atoms with E-state index in [1.165, 1.54) is 16.9 Å². The van der Waals surface area contributed by atoms with Gasteiger partial charge in [-0.25, -0.2) is 4.98 Å². The van der Waals surface area contributed by atoms with Crippen LogP contribution in [0.15, 0.2) is 53.9 Å². The first-order valence-corrected chi connectivity index (χ1v) is 10.1. The number of carbonyl (C=O) groups is 1. The molecule has 0 aliphatic carbocycles. The third-order valence-electron chi connectivity index (χ3n) is 4.71. The monoisotopic (exact) mass is 378 g/mol. The first-order valence-electron chi connectivity index (χ1n) is 9.22. The molecule has 27 heavy (non-hydrogen) atoms. The smallest absolute Gasteiger partial charge is 0.273 e. The number of likely N-dealkylation sites (tertiary alicyclic amines) is 1. The number of thiazole rings is 1. The Morgan fingerprint density at radius 3 is 2.67 bits per heavy atom. The molecule has 0 N–H and O–H groups in total. The Morgan fingerprint density at radius 2 is 1.93 bits per heavy atom. The van der Waals surface area contributed by atoms with E-state index < -0.39 is 0 Å². The van der Waals surface area contributed by atoms with Crippen LogP contribution < -0.4 is 4.74 Å². The molecule has 0 bridgehead atoms. The second kappa shape index (κ2) is 7.92. The van der Waals surface area contributed by atoms with Gasteiger partial charge in [0.25, 0.3) is 5.91 Å². The Kier molecular flexibility index (Phi) is 5.21. The lowest BCUT2D eigenvalue weighted by Gasteiger charge is -2.12. The first kappa shape index (κ1) is 17.7. The number of aryl methyl sites for hydroxylation is 1. The predicted octanol–water partition coefficient (Wildman–Crippen LogP) is 4.93. The fourth-order valence-electron chi connectivity index (χ4n) is 3.25. The van der Waals surface area contributed by atoms with Gasteiger partial charge in [0, 0.05) is 24.0 Å². The zero-order valence-corrected chi connectivity index (χ0v) is 16.2. The molecule has 0 unspecified atom stereocenters. The van der Waals surface area contributed by atoms with Crippen LogP contribution in [0, 0.1) is 6.92 Å². The Balaban J connectivity index is 1.41. The molecule has 4 nitrogen and oxygen atoms in total. The van der Waals surface area contributed by atoms with Gasteiger partial charge in [0.2, 0.25) is 0 Å². The minimum absolute atomic E-state index is 0.0492. The van der Waals surface area contributed by atoms with Gasteiger partial charge in [-0.3, -0.25) is 4.79 Å². The van der Waals surface area contributed by atoms with Crippen LogP contribution in [-0.2, 0) is 6.61 Å². The number of carbonyl (C=O) groups excluding carboxylic acids is 1. The molecule has 4 rings (SSSR count). The number of benzene rings is 2. The minimum Gasteiger partial charge on any atom is -0.489 e. The summed E-state index contributed by atoms with van der Waals surface area (Å²) in [5, 5.41) is 2.72. The molecule has 5 heteroatoms. The Morgan fingerprint density at radius 1 is 1.15 bits per heavy atom. The van der Waals surface area contributed by atoms with E-state index in [9.17, 15) is 4.79 Å². The average Bonchev–Trinajstić information content (AvgIpc) is 3.38. The van der Waals surface area contributed by atoms with Gasteiger partial charge < -0.3 is 9.64 Å². The van der Waals surface area contributed by atoms with Gasteiger partial charge in [-0.2, -0.15) is 0 Å². The van der Waals surface area contributed by atoms with Crippen molar-refractivity contribution in [1.82, 2.24) is 9.88 Å². The van der Waals surface area contributed by atoms with Crippen molar-refractivity contribution >= 4 is 17.2 Å². The molecule has 0 saturated carbocycles. The Bertz CT molecular complexity index is 927. The molecule has 0 atom stereocenters. The summed E-state index contributed by atoms with van der Waals surface area (Å²) in [5.74, 6) is 0.873. The van der Waals surface area contributed by atoms with E-state index >= 15 is 0 Å². The van der Waals surface area contributed by atoms with Crippen LogP contribution in [-0.4, -0.2) is 28.9 Å². The highest BCUT2D eigenvalue weighted by Gasteiger charge is 2.21. The molecular formula is C22H22N2O2S. The molecule has 1 saturated heterocycles. The van der Waals surface area contributed by atoms with Gasteiger partial charge in [0.1, 0.15) is 23.1 Å². The molecule has 1 aromatic heterocycles. The van der Waals surface area contributed by atoms with Gasteiger partial charge >= 0.3 is 0 Å². The topological polar surface area (TPSA) is 42.4 Å². The van der Waals surface area contributed by atoms with Crippen molar-refractivity contribution in [3.05, 3.63) is 70.7 Å². The van der Waals surface area contributed by atoms with Crippen molar-refractivity contribution in [2.75, 3.05) is 13.1 Å². The number of nitrogens with zero attached hydrogens (tertiary/aromatic N) is 2.